The predicted molar refractivity (Wildman–Crippen MR) is 127 cm³/mol. The van der Waals surface area contributed by atoms with Crippen LogP contribution in [0, 0.1) is 5.82 Å². The molecule has 0 bridgehead atoms. The number of hydrogen-bond acceptors (Lipinski definition) is 4. The van der Waals surface area contributed by atoms with E-state index in [1.807, 2.05) is 0 Å². The van der Waals surface area contributed by atoms with Crippen LogP contribution in [-0.4, -0.2) is 18.5 Å². The van der Waals surface area contributed by atoms with E-state index in [-0.39, 0.29) is 18.1 Å². The molecule has 0 aromatic heterocycles. The molecule has 5 heteroatoms. The average Bonchev–Trinajstić information content (AvgIpc) is 2.78. The maximum atomic E-state index is 13.4. The monoisotopic (exact) mass is 450 g/mol. The summed E-state index contributed by atoms with van der Waals surface area (Å²) in [5.74, 6) is -1.32. The second-order valence-corrected chi connectivity index (χ2v) is 8.57. The lowest BCUT2D eigenvalue weighted by Gasteiger charge is -2.06. The van der Waals surface area contributed by atoms with Gasteiger partial charge in [-0.3, -0.25) is 9.59 Å². The van der Waals surface area contributed by atoms with E-state index in [0.717, 1.165) is 12.8 Å². The topological polar surface area (TPSA) is 52.6 Å². The van der Waals surface area contributed by atoms with Gasteiger partial charge < -0.3 is 9.47 Å². The highest BCUT2D eigenvalue weighted by atomic mass is 19.1. The maximum Gasteiger partial charge on any atom is 0.311 e. The zero-order valence-corrected chi connectivity index (χ0v) is 20.0. The van der Waals surface area contributed by atoms with Crippen molar-refractivity contribution in [3.05, 3.63) is 30.1 Å². The first-order valence-electron chi connectivity index (χ1n) is 12.7. The van der Waals surface area contributed by atoms with Gasteiger partial charge in [0.05, 0.1) is 6.61 Å². The van der Waals surface area contributed by atoms with Crippen molar-refractivity contribution in [1.29, 1.82) is 0 Å². The molecule has 0 aliphatic heterocycles. The lowest BCUT2D eigenvalue weighted by molar-refractivity contribution is -0.144. The average molecular weight is 451 g/mol. The van der Waals surface area contributed by atoms with Gasteiger partial charge in [-0.25, -0.2) is 4.39 Å². The number of esters is 2. The Labute approximate surface area is 194 Å². The molecule has 0 saturated heterocycles. The number of para-hydroxylation sites is 1. The van der Waals surface area contributed by atoms with Gasteiger partial charge in [0.1, 0.15) is 0 Å². The molecule has 0 fully saturated rings. The molecule has 0 atom stereocenters. The van der Waals surface area contributed by atoms with Crippen molar-refractivity contribution in [3.63, 3.8) is 0 Å². The SMILES string of the molecule is CCCCCCCCCCCCCCCOC(=O)CCCCC(=O)Oc1ccccc1F. The van der Waals surface area contributed by atoms with Crippen LogP contribution in [0.4, 0.5) is 4.39 Å². The van der Waals surface area contributed by atoms with Gasteiger partial charge in [0.15, 0.2) is 11.6 Å². The molecule has 0 amide bonds. The van der Waals surface area contributed by atoms with Crippen LogP contribution in [0.1, 0.15) is 116 Å². The van der Waals surface area contributed by atoms with Crippen LogP contribution < -0.4 is 4.74 Å². The molecule has 182 valence electrons. The Morgan fingerprint density at radius 1 is 0.688 bits per heavy atom. The number of halogens is 1. The van der Waals surface area contributed by atoms with Gasteiger partial charge in [-0.15, -0.1) is 0 Å². The minimum atomic E-state index is -0.558. The number of carbonyl (C=O) groups excluding carboxylic acids is 2. The van der Waals surface area contributed by atoms with Gasteiger partial charge in [-0.2, -0.15) is 0 Å². The fourth-order valence-corrected chi connectivity index (χ4v) is 3.62. The minimum absolute atomic E-state index is 0.0604. The molecule has 0 aliphatic rings. The van der Waals surface area contributed by atoms with Crippen molar-refractivity contribution in [2.45, 2.75) is 116 Å². The first kappa shape index (κ1) is 28.1. The number of rotatable bonds is 20. The van der Waals surface area contributed by atoms with Crippen LogP contribution in [0.15, 0.2) is 24.3 Å². The molecular formula is C27H43FO4. The summed E-state index contributed by atoms with van der Waals surface area (Å²) in [7, 11) is 0. The zero-order chi connectivity index (χ0) is 23.3. The molecule has 0 saturated carbocycles. The van der Waals surface area contributed by atoms with E-state index in [1.54, 1.807) is 6.07 Å². The third-order valence-electron chi connectivity index (χ3n) is 5.58. The molecule has 0 N–H and O–H groups in total. The molecule has 0 aliphatic carbocycles. The standard InChI is InChI=1S/C27H43FO4/c1-2-3-4-5-6-7-8-9-10-11-12-13-18-23-31-26(29)21-16-17-22-27(30)32-25-20-15-14-19-24(25)28/h14-15,19-20H,2-13,16-18,21-23H2,1H3. The Morgan fingerprint density at radius 2 is 1.19 bits per heavy atom. The normalized spacial score (nSPS) is 10.8. The Balaban J connectivity index is 1.85. The number of ether oxygens (including phenoxy) is 2. The summed E-state index contributed by atoms with van der Waals surface area (Å²) in [6.45, 7) is 2.73. The molecule has 1 rings (SSSR count). The third-order valence-corrected chi connectivity index (χ3v) is 5.58. The largest absolute Gasteiger partial charge is 0.466 e. The molecule has 1 aromatic rings. The van der Waals surface area contributed by atoms with Crippen LogP contribution >= 0.6 is 0 Å². The Hall–Kier alpha value is -1.91. The van der Waals surface area contributed by atoms with E-state index in [0.29, 0.717) is 25.9 Å². The van der Waals surface area contributed by atoms with E-state index >= 15 is 0 Å². The van der Waals surface area contributed by atoms with E-state index in [2.05, 4.69) is 6.92 Å². The van der Waals surface area contributed by atoms with E-state index in [1.165, 1.54) is 88.8 Å². The lowest BCUT2D eigenvalue weighted by atomic mass is 10.0. The first-order valence-corrected chi connectivity index (χ1v) is 12.7. The van der Waals surface area contributed by atoms with Crippen molar-refractivity contribution in [2.24, 2.45) is 0 Å². The number of carbonyl (C=O) groups is 2. The molecule has 32 heavy (non-hydrogen) atoms. The Bertz CT molecular complexity index is 617. The van der Waals surface area contributed by atoms with Crippen LogP contribution in [0.3, 0.4) is 0 Å². The Morgan fingerprint density at radius 3 is 1.75 bits per heavy atom. The highest BCUT2D eigenvalue weighted by Gasteiger charge is 2.09. The van der Waals surface area contributed by atoms with Crippen LogP contribution in [0.2, 0.25) is 0 Å². The highest BCUT2D eigenvalue weighted by Crippen LogP contribution is 2.17. The zero-order valence-electron chi connectivity index (χ0n) is 20.0. The summed E-state index contributed by atoms with van der Waals surface area (Å²) >= 11 is 0. The van der Waals surface area contributed by atoms with Crippen molar-refractivity contribution >= 4 is 11.9 Å². The van der Waals surface area contributed by atoms with Gasteiger partial charge in [-0.1, -0.05) is 96.1 Å². The van der Waals surface area contributed by atoms with Crippen molar-refractivity contribution < 1.29 is 23.5 Å². The quantitative estimate of drug-likeness (QED) is 0.115. The summed E-state index contributed by atoms with van der Waals surface area (Å²) in [6, 6.07) is 5.81. The fraction of sp³-hybridized carbons (Fsp3) is 0.704. The van der Waals surface area contributed by atoms with Gasteiger partial charge in [-0.05, 0) is 31.4 Å². The van der Waals surface area contributed by atoms with Gasteiger partial charge >= 0.3 is 11.9 Å². The summed E-state index contributed by atoms with van der Waals surface area (Å²) in [6.07, 6.45) is 18.3. The number of unbranched alkanes of at least 4 members (excludes halogenated alkanes) is 13. The van der Waals surface area contributed by atoms with Crippen molar-refractivity contribution in [1.82, 2.24) is 0 Å². The van der Waals surface area contributed by atoms with E-state index in [4.69, 9.17) is 9.47 Å². The lowest BCUT2D eigenvalue weighted by Crippen LogP contribution is -2.10. The Kier molecular flexibility index (Phi) is 17.4. The molecule has 1 aromatic carbocycles. The third kappa shape index (κ3) is 15.8. The van der Waals surface area contributed by atoms with E-state index in [9.17, 15) is 14.0 Å². The smallest absolute Gasteiger partial charge is 0.311 e. The second kappa shape index (κ2) is 19.8. The molecule has 0 unspecified atom stereocenters. The summed E-state index contributed by atoms with van der Waals surface area (Å²) < 4.78 is 23.7. The van der Waals surface area contributed by atoms with Crippen molar-refractivity contribution in [3.8, 4) is 5.75 Å². The van der Waals surface area contributed by atoms with Gasteiger partial charge in [0.25, 0.3) is 0 Å². The van der Waals surface area contributed by atoms with Crippen molar-refractivity contribution in [2.75, 3.05) is 6.61 Å². The van der Waals surface area contributed by atoms with E-state index < -0.39 is 11.8 Å². The first-order chi connectivity index (χ1) is 15.6. The summed E-state index contributed by atoms with van der Waals surface area (Å²) in [4.78, 5) is 23.5. The van der Waals surface area contributed by atoms with Gasteiger partial charge in [0.2, 0.25) is 0 Å². The molecule has 0 spiro atoms. The number of benzene rings is 1. The molecule has 4 nitrogen and oxygen atoms in total. The highest BCUT2D eigenvalue weighted by molar-refractivity contribution is 5.72. The molecular weight excluding hydrogens is 407 g/mol. The second-order valence-electron chi connectivity index (χ2n) is 8.57. The predicted octanol–water partition coefficient (Wildman–Crippen LogP) is 7.93. The molecule has 0 heterocycles. The van der Waals surface area contributed by atoms with Crippen LogP contribution in [0.25, 0.3) is 0 Å². The number of hydrogen-bond donors (Lipinski definition) is 0. The van der Waals surface area contributed by atoms with Crippen LogP contribution in [-0.2, 0) is 14.3 Å². The summed E-state index contributed by atoms with van der Waals surface area (Å²) in [5, 5.41) is 0. The minimum Gasteiger partial charge on any atom is -0.466 e. The van der Waals surface area contributed by atoms with Crippen LogP contribution in [0.5, 0.6) is 5.75 Å². The van der Waals surface area contributed by atoms with Gasteiger partial charge in [0, 0.05) is 12.8 Å². The summed E-state index contributed by atoms with van der Waals surface area (Å²) in [5.41, 5.74) is 0. The molecule has 0 radical (unpaired) electrons. The maximum absolute atomic E-state index is 13.4. The fourth-order valence-electron chi connectivity index (χ4n) is 3.62.